The third-order valence-corrected chi connectivity index (χ3v) is 3.81. The zero-order valence-corrected chi connectivity index (χ0v) is 13.3. The average molecular weight is 340 g/mol. The second kappa shape index (κ2) is 6.78. The van der Waals surface area contributed by atoms with Gasteiger partial charge in [0.15, 0.2) is 10.6 Å². The molecular weight excluding hydrogens is 324 g/mol. The first-order chi connectivity index (χ1) is 10.7. The summed E-state index contributed by atoms with van der Waals surface area (Å²) < 4.78 is 9.56. The lowest BCUT2D eigenvalue weighted by molar-refractivity contribution is -0.0189. The van der Waals surface area contributed by atoms with Crippen LogP contribution in [0.2, 0.25) is 0 Å². The van der Waals surface area contributed by atoms with Crippen LogP contribution in [0.4, 0.5) is 9.59 Å². The molecule has 0 bridgehead atoms. The number of imidazole rings is 1. The van der Waals surface area contributed by atoms with Gasteiger partial charge in [0.2, 0.25) is 0 Å². The van der Waals surface area contributed by atoms with Gasteiger partial charge >= 0.3 is 12.3 Å². The molecule has 23 heavy (non-hydrogen) atoms. The number of carbonyl (C=O) groups is 2. The maximum Gasteiger partial charge on any atom is 0.506 e. The van der Waals surface area contributed by atoms with E-state index in [1.54, 1.807) is 13.8 Å². The summed E-state index contributed by atoms with van der Waals surface area (Å²) in [5.41, 5.74) is -0.428. The molecule has 1 aromatic carbocycles. The van der Waals surface area contributed by atoms with Crippen molar-refractivity contribution in [1.29, 1.82) is 0 Å². The van der Waals surface area contributed by atoms with Crippen molar-refractivity contribution < 1.29 is 29.3 Å². The van der Waals surface area contributed by atoms with E-state index in [4.69, 9.17) is 19.7 Å². The van der Waals surface area contributed by atoms with E-state index in [2.05, 4.69) is 9.97 Å². The van der Waals surface area contributed by atoms with Gasteiger partial charge in [-0.15, -0.1) is 0 Å². The summed E-state index contributed by atoms with van der Waals surface area (Å²) in [6.45, 7) is 3.08. The van der Waals surface area contributed by atoms with Crippen LogP contribution >= 0.6 is 11.8 Å². The van der Waals surface area contributed by atoms with Crippen LogP contribution in [0, 0.1) is 0 Å². The van der Waals surface area contributed by atoms with E-state index >= 15 is 0 Å². The minimum atomic E-state index is -1.45. The molecule has 1 aromatic heterocycles. The minimum absolute atomic E-state index is 0.0350. The first-order valence-corrected chi connectivity index (χ1v) is 7.56. The van der Waals surface area contributed by atoms with E-state index in [0.717, 1.165) is 22.8 Å². The normalized spacial score (nSPS) is 12.8. The van der Waals surface area contributed by atoms with Gasteiger partial charge in [-0.1, -0.05) is 12.1 Å². The van der Waals surface area contributed by atoms with Gasteiger partial charge in [0.25, 0.3) is 0 Å². The molecule has 8 nitrogen and oxygen atoms in total. The third-order valence-electron chi connectivity index (χ3n) is 2.86. The number of benzene rings is 1. The number of nitrogens with zero attached hydrogens (tertiary/aromatic N) is 1. The molecule has 2 rings (SSSR count). The van der Waals surface area contributed by atoms with E-state index in [1.807, 2.05) is 24.3 Å². The van der Waals surface area contributed by atoms with Gasteiger partial charge in [-0.25, -0.2) is 14.6 Å². The highest BCUT2D eigenvalue weighted by Gasteiger charge is 2.31. The van der Waals surface area contributed by atoms with E-state index in [-0.39, 0.29) is 6.42 Å². The van der Waals surface area contributed by atoms with Crippen LogP contribution in [0.15, 0.2) is 29.4 Å². The Hall–Kier alpha value is -2.42. The number of hydrogen-bond acceptors (Lipinski definition) is 6. The molecule has 0 spiro atoms. The molecular formula is C14H16N2O6S. The van der Waals surface area contributed by atoms with Crippen LogP contribution in [-0.4, -0.2) is 43.5 Å². The van der Waals surface area contributed by atoms with Crippen molar-refractivity contribution in [2.24, 2.45) is 0 Å². The Balaban J connectivity index is 2.14. The van der Waals surface area contributed by atoms with Crippen molar-refractivity contribution in [3.63, 3.8) is 0 Å². The maximum absolute atomic E-state index is 10.9. The summed E-state index contributed by atoms with van der Waals surface area (Å²) in [6.07, 6.45) is -2.85. The van der Waals surface area contributed by atoms with Crippen molar-refractivity contribution in [3.8, 4) is 0 Å². The Kier molecular flexibility index (Phi) is 4.99. The highest BCUT2D eigenvalue weighted by Crippen LogP contribution is 2.31. The van der Waals surface area contributed by atoms with Gasteiger partial charge < -0.3 is 24.7 Å². The Labute approximate surface area is 135 Å². The Morgan fingerprint density at radius 1 is 1.30 bits per heavy atom. The fourth-order valence-electron chi connectivity index (χ4n) is 2.01. The molecule has 3 N–H and O–H groups in total. The summed E-state index contributed by atoms with van der Waals surface area (Å²) >= 11 is 1.05. The van der Waals surface area contributed by atoms with Crippen LogP contribution in [-0.2, 0) is 9.47 Å². The predicted octanol–water partition coefficient (Wildman–Crippen LogP) is 3.54. The van der Waals surface area contributed by atoms with E-state index < -0.39 is 23.3 Å². The zero-order valence-electron chi connectivity index (χ0n) is 12.5. The summed E-state index contributed by atoms with van der Waals surface area (Å²) in [5.74, 6) is 0. The molecule has 124 valence electrons. The number of nitrogens with one attached hydrogen (secondary N) is 1. The fourth-order valence-corrected chi connectivity index (χ4v) is 3.19. The van der Waals surface area contributed by atoms with Crippen molar-refractivity contribution in [2.45, 2.75) is 36.5 Å². The minimum Gasteiger partial charge on any atom is -0.450 e. The fraction of sp³-hybridized carbons (Fsp3) is 0.357. The second-order valence-electron chi connectivity index (χ2n) is 5.32. The standard InChI is InChI=1S/C14H16N2O6S/c1-14(2,22-13(19)20)7-10(21-12(17)18)23-11-15-8-5-3-4-6-9(8)16-11/h3-6,10H,7H2,1-2H3,(H,15,16)(H,17,18)(H,19,20). The summed E-state index contributed by atoms with van der Waals surface area (Å²) in [7, 11) is 0. The van der Waals surface area contributed by atoms with Gasteiger partial charge in [-0.3, -0.25) is 0 Å². The highest BCUT2D eigenvalue weighted by molar-refractivity contribution is 7.99. The van der Waals surface area contributed by atoms with Crippen LogP contribution < -0.4 is 0 Å². The molecule has 0 aliphatic rings. The molecule has 0 radical (unpaired) electrons. The number of H-pyrrole nitrogens is 1. The summed E-state index contributed by atoms with van der Waals surface area (Å²) in [5, 5.41) is 18.1. The van der Waals surface area contributed by atoms with Crippen LogP contribution in [0.3, 0.4) is 0 Å². The number of thioether (sulfide) groups is 1. The third kappa shape index (κ3) is 5.06. The summed E-state index contributed by atoms with van der Waals surface area (Å²) in [6, 6.07) is 7.36. The molecule has 0 aliphatic carbocycles. The van der Waals surface area contributed by atoms with Gasteiger partial charge in [0.1, 0.15) is 5.60 Å². The average Bonchev–Trinajstić information content (AvgIpc) is 2.77. The molecule has 1 atom stereocenters. The van der Waals surface area contributed by atoms with Gasteiger partial charge in [0.05, 0.1) is 11.0 Å². The number of carboxylic acid groups (broad SMARTS) is 2. The number of aromatic nitrogens is 2. The SMILES string of the molecule is CC(C)(CC(OC(=O)O)Sc1nc2ccccc2[nH]1)OC(=O)O. The van der Waals surface area contributed by atoms with Crippen LogP contribution in [0.1, 0.15) is 20.3 Å². The molecule has 1 heterocycles. The lowest BCUT2D eigenvalue weighted by Crippen LogP contribution is -2.32. The molecule has 0 aliphatic heterocycles. The monoisotopic (exact) mass is 340 g/mol. The first kappa shape index (κ1) is 16.9. The van der Waals surface area contributed by atoms with Gasteiger partial charge in [-0.2, -0.15) is 0 Å². The Morgan fingerprint density at radius 3 is 2.61 bits per heavy atom. The van der Waals surface area contributed by atoms with E-state index in [0.29, 0.717) is 5.16 Å². The Morgan fingerprint density at radius 2 is 2.00 bits per heavy atom. The van der Waals surface area contributed by atoms with Crippen LogP contribution in [0.5, 0.6) is 0 Å². The second-order valence-corrected chi connectivity index (χ2v) is 6.47. The lowest BCUT2D eigenvalue weighted by atomic mass is 10.1. The number of fused-ring (bicyclic) bond motifs is 1. The number of aromatic amines is 1. The summed E-state index contributed by atoms with van der Waals surface area (Å²) in [4.78, 5) is 28.9. The molecule has 0 fully saturated rings. The molecule has 2 aromatic rings. The van der Waals surface area contributed by atoms with E-state index in [1.165, 1.54) is 0 Å². The lowest BCUT2D eigenvalue weighted by Gasteiger charge is -2.26. The Bertz CT molecular complexity index is 681. The number of rotatable bonds is 6. The predicted molar refractivity (Wildman–Crippen MR) is 82.7 cm³/mol. The highest BCUT2D eigenvalue weighted by atomic mass is 32.2. The van der Waals surface area contributed by atoms with Gasteiger partial charge in [-0.05, 0) is 37.7 Å². The van der Waals surface area contributed by atoms with Crippen LogP contribution in [0.25, 0.3) is 11.0 Å². The van der Waals surface area contributed by atoms with Crippen molar-refractivity contribution in [3.05, 3.63) is 24.3 Å². The molecule has 0 amide bonds. The smallest absolute Gasteiger partial charge is 0.450 e. The molecule has 0 saturated heterocycles. The van der Waals surface area contributed by atoms with Gasteiger partial charge in [0, 0.05) is 6.42 Å². The zero-order chi connectivity index (χ0) is 17.0. The molecule has 1 unspecified atom stereocenters. The number of para-hydroxylation sites is 2. The quantitative estimate of drug-likeness (QED) is 0.415. The number of ether oxygens (including phenoxy) is 2. The molecule has 0 saturated carbocycles. The first-order valence-electron chi connectivity index (χ1n) is 6.68. The molecule has 9 heteroatoms. The van der Waals surface area contributed by atoms with Crippen molar-refractivity contribution >= 4 is 35.1 Å². The van der Waals surface area contributed by atoms with Crippen molar-refractivity contribution in [1.82, 2.24) is 9.97 Å². The largest absolute Gasteiger partial charge is 0.506 e. The maximum atomic E-state index is 10.9. The number of hydrogen-bond donors (Lipinski definition) is 3. The topological polar surface area (TPSA) is 122 Å². The van der Waals surface area contributed by atoms with Crippen molar-refractivity contribution in [2.75, 3.05) is 0 Å². The van der Waals surface area contributed by atoms with E-state index in [9.17, 15) is 9.59 Å².